The molecule has 0 aliphatic heterocycles. The molecule has 8 nitrogen and oxygen atoms in total. The Hall–Kier alpha value is -2.92. The number of hydrogen-bond donors (Lipinski definition) is 2. The second-order valence-electron chi connectivity index (χ2n) is 4.83. The molecule has 2 N–H and O–H groups in total. The lowest BCUT2D eigenvalue weighted by molar-refractivity contribution is 0.375. The molecule has 0 fully saturated rings. The summed E-state index contributed by atoms with van der Waals surface area (Å²) in [5.74, 6) is -2.52. The van der Waals surface area contributed by atoms with Gasteiger partial charge in [-0.2, -0.15) is 4.98 Å². The van der Waals surface area contributed by atoms with Crippen LogP contribution in [0.4, 0.5) is 8.78 Å². The van der Waals surface area contributed by atoms with Crippen LogP contribution in [0.2, 0.25) is 0 Å². The summed E-state index contributed by atoms with van der Waals surface area (Å²) in [6, 6.07) is 5.46. The molecule has 2 aromatic heterocycles. The molecule has 0 radical (unpaired) electrons. The van der Waals surface area contributed by atoms with Gasteiger partial charge in [0, 0.05) is 17.8 Å². The van der Waals surface area contributed by atoms with Crippen LogP contribution in [0, 0.1) is 11.6 Å². The topological polar surface area (TPSA) is 118 Å². The highest BCUT2D eigenvalue weighted by atomic mass is 32.2. The first-order chi connectivity index (χ1) is 11.9. The lowest BCUT2D eigenvalue weighted by atomic mass is 10.2. The summed E-state index contributed by atoms with van der Waals surface area (Å²) in [4.78, 5) is 16.5. The number of nitrogens with one attached hydrogen (secondary N) is 2. The van der Waals surface area contributed by atoms with Crippen molar-refractivity contribution in [2.75, 3.05) is 0 Å². The molecule has 0 saturated carbocycles. The van der Waals surface area contributed by atoms with Gasteiger partial charge >= 0.3 is 0 Å². The summed E-state index contributed by atoms with van der Waals surface area (Å²) in [6.45, 7) is -0.480. The minimum Gasteiger partial charge on any atom is -0.338 e. The molecule has 11 heteroatoms. The van der Waals surface area contributed by atoms with E-state index in [2.05, 4.69) is 15.1 Å². The maximum atomic E-state index is 13.6. The van der Waals surface area contributed by atoms with E-state index >= 15 is 0 Å². The molecular formula is C14H10F2N4O4S. The van der Waals surface area contributed by atoms with E-state index in [0.717, 1.165) is 18.2 Å². The number of H-pyrrole nitrogens is 1. The van der Waals surface area contributed by atoms with Crippen molar-refractivity contribution < 1.29 is 21.7 Å². The van der Waals surface area contributed by atoms with E-state index in [1.165, 1.54) is 18.3 Å². The number of halogens is 2. The van der Waals surface area contributed by atoms with Crippen molar-refractivity contribution in [1.82, 2.24) is 19.8 Å². The lowest BCUT2D eigenvalue weighted by Crippen LogP contribution is -2.25. The van der Waals surface area contributed by atoms with E-state index in [9.17, 15) is 22.0 Å². The van der Waals surface area contributed by atoms with Crippen molar-refractivity contribution in [3.8, 4) is 11.4 Å². The smallest absolute Gasteiger partial charge is 0.248 e. The number of nitrogens with zero attached hydrogens (tertiary/aromatic N) is 2. The summed E-state index contributed by atoms with van der Waals surface area (Å²) >= 11 is 0. The highest BCUT2D eigenvalue weighted by Gasteiger charge is 2.24. The predicted molar refractivity (Wildman–Crippen MR) is 80.7 cm³/mol. The number of aromatic amines is 1. The van der Waals surface area contributed by atoms with Gasteiger partial charge in [-0.1, -0.05) is 11.2 Å². The van der Waals surface area contributed by atoms with E-state index in [-0.39, 0.29) is 17.3 Å². The van der Waals surface area contributed by atoms with Gasteiger partial charge in [0.1, 0.15) is 11.6 Å². The zero-order chi connectivity index (χ0) is 18.0. The molecule has 0 amide bonds. The van der Waals surface area contributed by atoms with Gasteiger partial charge < -0.3 is 9.51 Å². The van der Waals surface area contributed by atoms with Gasteiger partial charge in [0.2, 0.25) is 27.3 Å². The van der Waals surface area contributed by atoms with Crippen LogP contribution in [0.3, 0.4) is 0 Å². The number of pyridine rings is 1. The Labute approximate surface area is 139 Å². The second kappa shape index (κ2) is 6.53. The standard InChI is InChI=1S/C14H10F2N4O4S/c15-9-2-1-3-10(16)13(9)25(22,23)18-7-12-19-14(20-24-12)8-4-5-17-11(21)6-8/h1-6,18H,7H2,(H,17,21). The molecule has 0 unspecified atom stereocenters. The van der Waals surface area contributed by atoms with Gasteiger partial charge in [-0.25, -0.2) is 21.9 Å². The molecule has 0 atom stereocenters. The van der Waals surface area contributed by atoms with Gasteiger partial charge in [-0.3, -0.25) is 4.79 Å². The van der Waals surface area contributed by atoms with Crippen LogP contribution in [0.5, 0.6) is 0 Å². The summed E-state index contributed by atoms with van der Waals surface area (Å²) in [7, 11) is -4.46. The summed E-state index contributed by atoms with van der Waals surface area (Å²) in [6.07, 6.45) is 1.39. The van der Waals surface area contributed by atoms with Crippen molar-refractivity contribution in [2.45, 2.75) is 11.4 Å². The summed E-state index contributed by atoms with van der Waals surface area (Å²) in [5, 5.41) is 3.61. The third-order valence-electron chi connectivity index (χ3n) is 3.10. The van der Waals surface area contributed by atoms with Gasteiger partial charge in [-0.15, -0.1) is 0 Å². The third-order valence-corrected chi connectivity index (χ3v) is 4.55. The Bertz CT molecular complexity index is 1060. The van der Waals surface area contributed by atoms with Crippen molar-refractivity contribution >= 4 is 10.0 Å². The summed E-state index contributed by atoms with van der Waals surface area (Å²) < 4.78 is 58.1. The van der Waals surface area contributed by atoms with Crippen LogP contribution in [-0.4, -0.2) is 23.5 Å². The molecule has 2 heterocycles. The molecule has 0 aliphatic rings. The molecule has 0 aliphatic carbocycles. The normalized spacial score (nSPS) is 11.6. The second-order valence-corrected chi connectivity index (χ2v) is 6.53. The van der Waals surface area contributed by atoms with Gasteiger partial charge in [0.05, 0.1) is 6.54 Å². The highest BCUT2D eigenvalue weighted by molar-refractivity contribution is 7.89. The molecule has 0 bridgehead atoms. The van der Waals surface area contributed by atoms with E-state index in [0.29, 0.717) is 5.56 Å². The SMILES string of the molecule is O=c1cc(-c2noc(CNS(=O)(=O)c3c(F)cccc3F)n2)cc[nH]1. The molecular weight excluding hydrogens is 358 g/mol. The Kier molecular flexibility index (Phi) is 4.42. The first kappa shape index (κ1) is 16.9. The fourth-order valence-corrected chi connectivity index (χ4v) is 3.10. The first-order valence-electron chi connectivity index (χ1n) is 6.82. The Morgan fingerprint density at radius 3 is 2.60 bits per heavy atom. The summed E-state index contributed by atoms with van der Waals surface area (Å²) in [5.41, 5.74) is -0.0127. The fraction of sp³-hybridized carbons (Fsp3) is 0.0714. The largest absolute Gasteiger partial charge is 0.338 e. The zero-order valence-corrected chi connectivity index (χ0v) is 13.2. The van der Waals surface area contributed by atoms with Crippen LogP contribution in [0.15, 0.2) is 50.7 Å². The van der Waals surface area contributed by atoms with Crippen LogP contribution >= 0.6 is 0 Å². The number of benzene rings is 1. The molecule has 3 rings (SSSR count). The number of sulfonamides is 1. The van der Waals surface area contributed by atoms with E-state index < -0.39 is 33.1 Å². The molecule has 1 aromatic carbocycles. The molecule has 25 heavy (non-hydrogen) atoms. The van der Waals surface area contributed by atoms with Crippen molar-refractivity contribution in [1.29, 1.82) is 0 Å². The van der Waals surface area contributed by atoms with Gasteiger partial charge in [0.25, 0.3) is 0 Å². The number of hydrogen-bond acceptors (Lipinski definition) is 6. The fourth-order valence-electron chi connectivity index (χ4n) is 2.00. The van der Waals surface area contributed by atoms with Crippen LogP contribution in [0.1, 0.15) is 5.89 Å². The molecule has 130 valence electrons. The van der Waals surface area contributed by atoms with E-state index in [1.807, 2.05) is 4.72 Å². The highest BCUT2D eigenvalue weighted by Crippen LogP contribution is 2.18. The Balaban J connectivity index is 1.79. The van der Waals surface area contributed by atoms with E-state index in [1.54, 1.807) is 0 Å². The minimum absolute atomic E-state index is 0.0670. The average Bonchev–Trinajstić information content (AvgIpc) is 3.02. The van der Waals surface area contributed by atoms with Gasteiger partial charge in [0.15, 0.2) is 4.90 Å². The molecule has 0 spiro atoms. The van der Waals surface area contributed by atoms with Crippen LogP contribution in [0.25, 0.3) is 11.4 Å². The molecule has 3 aromatic rings. The monoisotopic (exact) mass is 368 g/mol. The number of aromatic nitrogens is 3. The van der Waals surface area contributed by atoms with Crippen molar-refractivity contribution in [3.63, 3.8) is 0 Å². The zero-order valence-electron chi connectivity index (χ0n) is 12.4. The lowest BCUT2D eigenvalue weighted by Gasteiger charge is -2.06. The van der Waals surface area contributed by atoms with Crippen molar-refractivity contribution in [3.05, 3.63) is 64.4 Å². The Morgan fingerprint density at radius 2 is 1.92 bits per heavy atom. The maximum Gasteiger partial charge on any atom is 0.248 e. The maximum absolute atomic E-state index is 13.6. The third kappa shape index (κ3) is 3.61. The van der Waals surface area contributed by atoms with Crippen LogP contribution in [-0.2, 0) is 16.6 Å². The van der Waals surface area contributed by atoms with Crippen LogP contribution < -0.4 is 10.3 Å². The molecule has 0 saturated heterocycles. The first-order valence-corrected chi connectivity index (χ1v) is 8.30. The van der Waals surface area contributed by atoms with Gasteiger partial charge in [-0.05, 0) is 18.2 Å². The minimum atomic E-state index is -4.46. The quantitative estimate of drug-likeness (QED) is 0.698. The number of rotatable bonds is 5. The predicted octanol–water partition coefficient (Wildman–Crippen LogP) is 1.18. The Morgan fingerprint density at radius 1 is 1.20 bits per heavy atom. The van der Waals surface area contributed by atoms with E-state index in [4.69, 9.17) is 4.52 Å². The van der Waals surface area contributed by atoms with Crippen molar-refractivity contribution in [2.24, 2.45) is 0 Å². The average molecular weight is 368 g/mol.